The van der Waals surface area contributed by atoms with E-state index in [9.17, 15) is 0 Å². The van der Waals surface area contributed by atoms with Crippen LogP contribution in [0.1, 0.15) is 31.0 Å². The summed E-state index contributed by atoms with van der Waals surface area (Å²) in [6.07, 6.45) is 0. The maximum Gasteiger partial charge on any atom is 0.159 e. The van der Waals surface area contributed by atoms with E-state index in [1.54, 1.807) is 22.8 Å². The van der Waals surface area contributed by atoms with Gasteiger partial charge in [-0.05, 0) is 32.2 Å². The van der Waals surface area contributed by atoms with Gasteiger partial charge in [0.1, 0.15) is 6.54 Å². The van der Waals surface area contributed by atoms with E-state index in [1.165, 1.54) is 0 Å². The second-order valence-corrected chi connectivity index (χ2v) is 6.08. The maximum atomic E-state index is 7.65. The summed E-state index contributed by atoms with van der Waals surface area (Å²) in [5, 5.41) is 8.76. The van der Waals surface area contributed by atoms with Gasteiger partial charge in [-0.3, -0.25) is 9.56 Å². The number of aliphatic imine (C=N–C) groups is 1. The molecule has 2 aromatic carbocycles. The average Bonchev–Trinajstić information content (AvgIpc) is 3.01. The SMILES string of the molecule is [2H]C([2H])([2H])N(Cc1nnc2n1-c1ccc(Cl)cc1C(c1ccccc1)=NC2)C([2H])([2H])[2H]. The number of fused-ring (bicyclic) bond motifs is 3. The Morgan fingerprint density at radius 2 is 2.00 bits per heavy atom. The van der Waals surface area contributed by atoms with E-state index in [0.717, 1.165) is 5.56 Å². The van der Waals surface area contributed by atoms with E-state index in [-0.39, 0.29) is 12.4 Å². The molecule has 0 saturated carbocycles. The van der Waals surface area contributed by atoms with Crippen molar-refractivity contribution in [1.29, 1.82) is 0 Å². The lowest BCUT2D eigenvalue weighted by Crippen LogP contribution is -2.16. The number of nitrogens with zero attached hydrogens (tertiary/aromatic N) is 5. The molecular formula is C19H18ClN5. The molecule has 0 aliphatic carbocycles. The first kappa shape index (κ1) is 10.5. The molecule has 0 atom stereocenters. The highest BCUT2D eigenvalue weighted by molar-refractivity contribution is 6.31. The molecule has 0 radical (unpaired) electrons. The fourth-order valence-electron chi connectivity index (χ4n) is 2.95. The summed E-state index contributed by atoms with van der Waals surface area (Å²) in [7, 11) is 0. The molecule has 5 nitrogen and oxygen atoms in total. The normalized spacial score (nSPS) is 17.8. The van der Waals surface area contributed by atoms with Gasteiger partial charge in [0.15, 0.2) is 11.6 Å². The van der Waals surface area contributed by atoms with Crippen LogP contribution in [0.3, 0.4) is 0 Å². The van der Waals surface area contributed by atoms with Crippen LogP contribution in [-0.2, 0) is 13.1 Å². The monoisotopic (exact) mass is 357 g/mol. The summed E-state index contributed by atoms with van der Waals surface area (Å²) in [4.78, 5) is 5.16. The van der Waals surface area contributed by atoms with Gasteiger partial charge in [0.25, 0.3) is 0 Å². The number of rotatable bonds is 3. The van der Waals surface area contributed by atoms with Crippen molar-refractivity contribution in [3.05, 3.63) is 76.3 Å². The fraction of sp³-hybridized carbons (Fsp3) is 0.211. The molecule has 3 aromatic rings. The van der Waals surface area contributed by atoms with E-state index < -0.39 is 20.5 Å². The van der Waals surface area contributed by atoms with Crippen molar-refractivity contribution >= 4 is 17.3 Å². The number of aromatic nitrogens is 3. The molecule has 1 aromatic heterocycles. The van der Waals surface area contributed by atoms with Crippen LogP contribution in [0, 0.1) is 0 Å². The largest absolute Gasteiger partial charge is 0.302 e. The first-order valence-corrected chi connectivity index (χ1v) is 8.04. The summed E-state index contributed by atoms with van der Waals surface area (Å²) in [5.74, 6) is 0.663. The average molecular weight is 358 g/mol. The Balaban J connectivity index is 1.86. The number of hydrogen-bond donors (Lipinski definition) is 0. The first-order chi connectivity index (χ1) is 14.6. The predicted octanol–water partition coefficient (Wildman–Crippen LogP) is 3.33. The van der Waals surface area contributed by atoms with Crippen LogP contribution >= 0.6 is 11.6 Å². The zero-order valence-electron chi connectivity index (χ0n) is 19.1. The number of benzene rings is 2. The molecule has 0 bridgehead atoms. The second kappa shape index (κ2) is 6.43. The molecule has 1 aliphatic rings. The number of hydrogen-bond acceptors (Lipinski definition) is 4. The molecule has 25 heavy (non-hydrogen) atoms. The molecule has 126 valence electrons. The van der Waals surface area contributed by atoms with E-state index in [4.69, 9.17) is 24.8 Å². The van der Waals surface area contributed by atoms with Crippen LogP contribution in [0.15, 0.2) is 53.5 Å². The Morgan fingerprint density at radius 1 is 1.16 bits per heavy atom. The van der Waals surface area contributed by atoms with E-state index in [0.29, 0.717) is 32.7 Å². The van der Waals surface area contributed by atoms with Crippen LogP contribution in [0.25, 0.3) is 5.69 Å². The molecule has 0 fully saturated rings. The summed E-state index contributed by atoms with van der Waals surface area (Å²) in [6, 6.07) is 14.8. The topological polar surface area (TPSA) is 46.3 Å². The minimum atomic E-state index is -2.84. The van der Waals surface area contributed by atoms with Crippen molar-refractivity contribution in [2.45, 2.75) is 13.1 Å². The van der Waals surface area contributed by atoms with Crippen LogP contribution in [0.2, 0.25) is 5.02 Å². The van der Waals surface area contributed by atoms with Crippen LogP contribution < -0.4 is 0 Å². The van der Waals surface area contributed by atoms with Gasteiger partial charge in [0, 0.05) is 24.4 Å². The highest BCUT2D eigenvalue weighted by atomic mass is 35.5. The third-order valence-corrected chi connectivity index (χ3v) is 4.21. The molecule has 2 heterocycles. The van der Waals surface area contributed by atoms with Gasteiger partial charge in [-0.15, -0.1) is 10.2 Å². The van der Waals surface area contributed by atoms with E-state index in [1.807, 2.05) is 30.3 Å². The Kier molecular flexibility index (Phi) is 2.69. The van der Waals surface area contributed by atoms with E-state index >= 15 is 0 Å². The Morgan fingerprint density at radius 3 is 2.80 bits per heavy atom. The molecular weight excluding hydrogens is 334 g/mol. The van der Waals surface area contributed by atoms with Crippen molar-refractivity contribution in [3.8, 4) is 5.69 Å². The third-order valence-electron chi connectivity index (χ3n) is 3.98. The smallest absolute Gasteiger partial charge is 0.159 e. The third kappa shape index (κ3) is 2.97. The van der Waals surface area contributed by atoms with Crippen molar-refractivity contribution in [3.63, 3.8) is 0 Å². The zero-order valence-corrected chi connectivity index (χ0v) is 13.9. The van der Waals surface area contributed by atoms with Crippen molar-refractivity contribution in [2.24, 2.45) is 4.99 Å². The van der Waals surface area contributed by atoms with Crippen LogP contribution in [0.4, 0.5) is 0 Å². The van der Waals surface area contributed by atoms with Crippen molar-refractivity contribution in [1.82, 2.24) is 19.7 Å². The molecule has 4 rings (SSSR count). The Labute approximate surface area is 160 Å². The Bertz CT molecular complexity index is 1120. The van der Waals surface area contributed by atoms with Gasteiger partial charge in [-0.2, -0.15) is 0 Å². The summed E-state index contributed by atoms with van der Waals surface area (Å²) in [6.45, 7) is -5.93. The molecule has 0 amide bonds. The lowest BCUT2D eigenvalue weighted by Gasteiger charge is -2.15. The zero-order chi connectivity index (χ0) is 22.4. The van der Waals surface area contributed by atoms with Gasteiger partial charge in [-0.25, -0.2) is 0 Å². The van der Waals surface area contributed by atoms with Crippen LogP contribution in [0.5, 0.6) is 0 Å². The maximum absolute atomic E-state index is 7.65. The van der Waals surface area contributed by atoms with Gasteiger partial charge < -0.3 is 4.90 Å². The van der Waals surface area contributed by atoms with Gasteiger partial charge in [0.05, 0.1) is 17.9 Å². The van der Waals surface area contributed by atoms with Gasteiger partial charge in [-0.1, -0.05) is 41.9 Å². The molecule has 0 unspecified atom stereocenters. The van der Waals surface area contributed by atoms with Gasteiger partial charge >= 0.3 is 0 Å². The predicted molar refractivity (Wildman–Crippen MR) is 99.5 cm³/mol. The minimum Gasteiger partial charge on any atom is -0.302 e. The minimum absolute atomic E-state index is 0.186. The lowest BCUT2D eigenvalue weighted by atomic mass is 10.0. The van der Waals surface area contributed by atoms with E-state index in [2.05, 4.69) is 10.2 Å². The summed E-state index contributed by atoms with van der Waals surface area (Å²) >= 11 is 6.28. The molecule has 1 aliphatic heterocycles. The van der Waals surface area contributed by atoms with Crippen molar-refractivity contribution in [2.75, 3.05) is 14.0 Å². The fourth-order valence-corrected chi connectivity index (χ4v) is 3.12. The highest BCUT2D eigenvalue weighted by Crippen LogP contribution is 2.28. The number of halogens is 1. The molecule has 0 saturated heterocycles. The van der Waals surface area contributed by atoms with Crippen LogP contribution in [-0.4, -0.2) is 39.3 Å². The summed E-state index contributed by atoms with van der Waals surface area (Å²) in [5.41, 5.74) is 2.96. The highest BCUT2D eigenvalue weighted by Gasteiger charge is 2.23. The standard InChI is InChI=1S/C19H18ClN5/c1-24(2)12-18-23-22-17-11-21-19(13-6-4-3-5-7-13)15-10-14(20)8-9-16(15)25(17)18/h3-10H,11-12H2,1-2H3/i1D3,2D3. The second-order valence-electron chi connectivity index (χ2n) is 5.65. The Hall–Kier alpha value is -2.50. The lowest BCUT2D eigenvalue weighted by molar-refractivity contribution is 0.387. The summed E-state index contributed by atoms with van der Waals surface area (Å²) < 4.78 is 47.6. The van der Waals surface area contributed by atoms with Crippen molar-refractivity contribution < 1.29 is 8.22 Å². The molecule has 0 spiro atoms. The first-order valence-electron chi connectivity index (χ1n) is 10.7. The molecule has 0 N–H and O–H groups in total. The van der Waals surface area contributed by atoms with Gasteiger partial charge in [0.2, 0.25) is 0 Å². The quantitative estimate of drug-likeness (QED) is 0.722. The molecule has 6 heteroatoms.